The number of carbonyl (C=O) groups is 2. The van der Waals surface area contributed by atoms with E-state index in [1.165, 1.54) is 0 Å². The van der Waals surface area contributed by atoms with E-state index in [1.807, 2.05) is 23.1 Å². The molecule has 1 aromatic heterocycles. The molecule has 0 saturated carbocycles. The van der Waals surface area contributed by atoms with Crippen molar-refractivity contribution in [3.63, 3.8) is 0 Å². The summed E-state index contributed by atoms with van der Waals surface area (Å²) in [6, 6.07) is 12.5. The zero-order valence-electron chi connectivity index (χ0n) is 16.9. The molecule has 0 atom stereocenters. The lowest BCUT2D eigenvalue weighted by atomic mass is 9.94. The van der Waals surface area contributed by atoms with E-state index in [0.29, 0.717) is 13.1 Å². The molecule has 3 heterocycles. The molecular formula is C22H29N5O2. The molecule has 0 spiro atoms. The van der Waals surface area contributed by atoms with Crippen molar-refractivity contribution in [1.29, 1.82) is 0 Å². The van der Waals surface area contributed by atoms with E-state index in [9.17, 15) is 9.59 Å². The van der Waals surface area contributed by atoms with E-state index in [1.54, 1.807) is 6.92 Å². The Bertz CT molecular complexity index is 834. The monoisotopic (exact) mass is 395 g/mol. The number of rotatable bonds is 4. The first-order valence-corrected chi connectivity index (χ1v) is 10.5. The molecule has 4 rings (SSSR count). The Morgan fingerprint density at radius 2 is 1.72 bits per heavy atom. The number of piperidine rings is 2. The lowest BCUT2D eigenvalue weighted by Crippen LogP contribution is -2.48. The molecule has 2 aliphatic heterocycles. The van der Waals surface area contributed by atoms with Gasteiger partial charge in [0, 0.05) is 51.1 Å². The molecule has 2 aliphatic rings. The molecule has 0 unspecified atom stereocenters. The second-order valence-electron chi connectivity index (χ2n) is 8.06. The lowest BCUT2D eigenvalue weighted by Gasteiger charge is -2.34. The van der Waals surface area contributed by atoms with Crippen LogP contribution < -0.4 is 10.2 Å². The fourth-order valence-electron chi connectivity index (χ4n) is 4.27. The molecule has 0 radical (unpaired) electrons. The summed E-state index contributed by atoms with van der Waals surface area (Å²) < 4.78 is 0. The number of anilines is 1. The Labute approximate surface area is 171 Å². The third-order valence-corrected chi connectivity index (χ3v) is 6.13. The van der Waals surface area contributed by atoms with Crippen molar-refractivity contribution in [2.45, 2.75) is 38.6 Å². The maximum atomic E-state index is 12.6. The molecule has 2 fully saturated rings. The smallest absolute Gasteiger partial charge is 0.223 e. The minimum absolute atomic E-state index is 0.0309. The van der Waals surface area contributed by atoms with E-state index in [4.69, 9.17) is 0 Å². The number of aromatic amines is 1. The summed E-state index contributed by atoms with van der Waals surface area (Å²) >= 11 is 0. The summed E-state index contributed by atoms with van der Waals surface area (Å²) in [4.78, 5) is 28.1. The Hall–Kier alpha value is -2.83. The fourth-order valence-corrected chi connectivity index (χ4v) is 4.27. The number of nitrogens with zero attached hydrogens (tertiary/aromatic N) is 3. The standard InChI is InChI=1S/C22H29N5O2/c1-16(28)26-11-7-18(8-12-26)22(29)23-19-9-13-27(14-10-19)21-15-20(24-25-21)17-5-3-2-4-6-17/h2-6,15,18-19H,7-14H2,1H3,(H,23,29)(H,24,25). The minimum atomic E-state index is 0.0309. The van der Waals surface area contributed by atoms with E-state index in [0.717, 1.165) is 55.8 Å². The number of H-pyrrole nitrogens is 1. The predicted octanol–water partition coefficient (Wildman–Crippen LogP) is 2.42. The van der Waals surface area contributed by atoms with Crippen LogP contribution in [-0.4, -0.2) is 59.1 Å². The van der Waals surface area contributed by atoms with Gasteiger partial charge in [0.2, 0.25) is 11.8 Å². The summed E-state index contributed by atoms with van der Waals surface area (Å²) in [5, 5.41) is 10.8. The van der Waals surface area contributed by atoms with Crippen LogP contribution in [0.3, 0.4) is 0 Å². The average Bonchev–Trinajstić information content (AvgIpc) is 3.25. The second-order valence-corrected chi connectivity index (χ2v) is 8.06. The van der Waals surface area contributed by atoms with Gasteiger partial charge in [0.15, 0.2) is 5.82 Å². The number of hydrogen-bond acceptors (Lipinski definition) is 4. The Balaban J connectivity index is 1.25. The molecule has 29 heavy (non-hydrogen) atoms. The van der Waals surface area contributed by atoms with Gasteiger partial charge in [-0.2, -0.15) is 5.10 Å². The lowest BCUT2D eigenvalue weighted by molar-refractivity contribution is -0.134. The number of amides is 2. The highest BCUT2D eigenvalue weighted by Gasteiger charge is 2.29. The zero-order chi connectivity index (χ0) is 20.2. The van der Waals surface area contributed by atoms with Crippen LogP contribution in [-0.2, 0) is 9.59 Å². The van der Waals surface area contributed by atoms with Crippen molar-refractivity contribution in [2.75, 3.05) is 31.1 Å². The van der Waals surface area contributed by atoms with Gasteiger partial charge < -0.3 is 15.1 Å². The molecule has 2 N–H and O–H groups in total. The van der Waals surface area contributed by atoms with Crippen LogP contribution in [0.5, 0.6) is 0 Å². The van der Waals surface area contributed by atoms with Crippen LogP contribution in [0.2, 0.25) is 0 Å². The second kappa shape index (κ2) is 8.68. The molecule has 0 bridgehead atoms. The van der Waals surface area contributed by atoms with Gasteiger partial charge in [0.25, 0.3) is 0 Å². The number of benzene rings is 1. The SMILES string of the molecule is CC(=O)N1CCC(C(=O)NC2CCN(c3cc(-c4ccccc4)[nH]n3)CC2)CC1. The van der Waals surface area contributed by atoms with Gasteiger partial charge in [-0.3, -0.25) is 14.7 Å². The van der Waals surface area contributed by atoms with Crippen molar-refractivity contribution < 1.29 is 9.59 Å². The van der Waals surface area contributed by atoms with Crippen LogP contribution >= 0.6 is 0 Å². The average molecular weight is 396 g/mol. The van der Waals surface area contributed by atoms with Crippen molar-refractivity contribution in [1.82, 2.24) is 20.4 Å². The molecule has 1 aromatic carbocycles. The summed E-state index contributed by atoms with van der Waals surface area (Å²) in [7, 11) is 0. The summed E-state index contributed by atoms with van der Waals surface area (Å²) in [6.07, 6.45) is 3.37. The number of carbonyl (C=O) groups excluding carboxylic acids is 2. The largest absolute Gasteiger partial charge is 0.355 e. The van der Waals surface area contributed by atoms with Gasteiger partial charge in [-0.05, 0) is 31.2 Å². The maximum Gasteiger partial charge on any atom is 0.223 e. The topological polar surface area (TPSA) is 81.3 Å². The van der Waals surface area contributed by atoms with Gasteiger partial charge in [-0.25, -0.2) is 0 Å². The van der Waals surface area contributed by atoms with Crippen LogP contribution in [0.4, 0.5) is 5.82 Å². The quantitative estimate of drug-likeness (QED) is 0.833. The molecule has 7 nitrogen and oxygen atoms in total. The van der Waals surface area contributed by atoms with Crippen molar-refractivity contribution in [3.8, 4) is 11.3 Å². The highest BCUT2D eigenvalue weighted by Crippen LogP contribution is 2.24. The van der Waals surface area contributed by atoms with E-state index in [-0.39, 0.29) is 23.8 Å². The third kappa shape index (κ3) is 4.60. The first kappa shape index (κ1) is 19.5. The minimum Gasteiger partial charge on any atom is -0.355 e. The van der Waals surface area contributed by atoms with E-state index < -0.39 is 0 Å². The molecule has 154 valence electrons. The number of aromatic nitrogens is 2. The molecule has 2 aromatic rings. The van der Waals surface area contributed by atoms with Crippen molar-refractivity contribution in [2.24, 2.45) is 5.92 Å². The van der Waals surface area contributed by atoms with Gasteiger partial charge in [-0.1, -0.05) is 30.3 Å². The van der Waals surface area contributed by atoms with Gasteiger partial charge >= 0.3 is 0 Å². The van der Waals surface area contributed by atoms with E-state index >= 15 is 0 Å². The maximum absolute atomic E-state index is 12.6. The first-order valence-electron chi connectivity index (χ1n) is 10.5. The van der Waals surface area contributed by atoms with E-state index in [2.05, 4.69) is 38.6 Å². The van der Waals surface area contributed by atoms with Crippen LogP contribution in [0, 0.1) is 5.92 Å². The summed E-state index contributed by atoms with van der Waals surface area (Å²) in [6.45, 7) is 4.74. The Morgan fingerprint density at radius 1 is 1.03 bits per heavy atom. The summed E-state index contributed by atoms with van der Waals surface area (Å²) in [5.41, 5.74) is 2.15. The number of likely N-dealkylation sites (tertiary alicyclic amines) is 1. The predicted molar refractivity (Wildman–Crippen MR) is 112 cm³/mol. The zero-order valence-corrected chi connectivity index (χ0v) is 16.9. The van der Waals surface area contributed by atoms with Crippen LogP contribution in [0.1, 0.15) is 32.6 Å². The number of nitrogens with one attached hydrogen (secondary N) is 2. The number of hydrogen-bond donors (Lipinski definition) is 2. The molecule has 2 amide bonds. The molecule has 0 aliphatic carbocycles. The fraction of sp³-hybridized carbons (Fsp3) is 0.500. The van der Waals surface area contributed by atoms with Gasteiger partial charge in [0.05, 0.1) is 5.69 Å². The summed E-state index contributed by atoms with van der Waals surface area (Å²) in [5.74, 6) is 1.25. The highest BCUT2D eigenvalue weighted by molar-refractivity contribution is 5.80. The molecular weight excluding hydrogens is 366 g/mol. The van der Waals surface area contributed by atoms with Crippen molar-refractivity contribution >= 4 is 17.6 Å². The molecule has 7 heteroatoms. The third-order valence-electron chi connectivity index (χ3n) is 6.13. The van der Waals surface area contributed by atoms with Crippen LogP contribution in [0.25, 0.3) is 11.3 Å². The van der Waals surface area contributed by atoms with Gasteiger partial charge in [0.1, 0.15) is 0 Å². The van der Waals surface area contributed by atoms with Crippen molar-refractivity contribution in [3.05, 3.63) is 36.4 Å². The van der Waals surface area contributed by atoms with Gasteiger partial charge in [-0.15, -0.1) is 0 Å². The normalized spacial score (nSPS) is 18.7. The molecule has 2 saturated heterocycles. The van der Waals surface area contributed by atoms with Crippen LogP contribution in [0.15, 0.2) is 36.4 Å². The Kier molecular flexibility index (Phi) is 5.83. The first-order chi connectivity index (χ1) is 14.1. The Morgan fingerprint density at radius 3 is 2.38 bits per heavy atom. The highest BCUT2D eigenvalue weighted by atomic mass is 16.2.